The zero-order chi connectivity index (χ0) is 17.8. The average Bonchev–Trinajstić information content (AvgIpc) is 2.55. The van der Waals surface area contributed by atoms with Crippen LogP contribution < -0.4 is 0 Å². The van der Waals surface area contributed by atoms with Crippen molar-refractivity contribution in [2.75, 3.05) is 6.61 Å². The zero-order valence-corrected chi connectivity index (χ0v) is 16.8. The highest BCUT2D eigenvalue weighted by Gasteiger charge is 2.46. The van der Waals surface area contributed by atoms with Crippen molar-refractivity contribution < 1.29 is 14.6 Å². The van der Waals surface area contributed by atoms with E-state index in [2.05, 4.69) is 22.9 Å². The van der Waals surface area contributed by atoms with E-state index in [1.165, 1.54) is 38.5 Å². The summed E-state index contributed by atoms with van der Waals surface area (Å²) in [4.78, 5) is 11.9. The number of aliphatic carboxylic acids is 1. The Labute approximate surface area is 155 Å². The minimum atomic E-state index is -0.942. The van der Waals surface area contributed by atoms with Crippen LogP contribution >= 0.6 is 15.9 Å². The molecular formula is C20H33BrO3. The minimum absolute atomic E-state index is 0.412. The molecular weight excluding hydrogens is 368 g/mol. The van der Waals surface area contributed by atoms with Crippen molar-refractivity contribution in [1.82, 2.24) is 0 Å². The molecule has 1 aliphatic rings. The second kappa shape index (κ2) is 11.9. The van der Waals surface area contributed by atoms with E-state index >= 15 is 0 Å². The maximum Gasteiger partial charge on any atom is 0.316 e. The Kier molecular flexibility index (Phi) is 10.6. The van der Waals surface area contributed by atoms with E-state index in [-0.39, 0.29) is 0 Å². The molecule has 0 aromatic rings. The second-order valence-corrected chi connectivity index (χ2v) is 7.65. The SMILES string of the molecule is CCCCCCCCCCOC1C(Br)=CC=CC1(CCC)C(=O)O. The Bertz CT molecular complexity index is 431. The van der Waals surface area contributed by atoms with Gasteiger partial charge in [0.25, 0.3) is 0 Å². The summed E-state index contributed by atoms with van der Waals surface area (Å²) >= 11 is 3.51. The van der Waals surface area contributed by atoms with E-state index in [1.54, 1.807) is 6.08 Å². The molecule has 0 spiro atoms. The maximum absolute atomic E-state index is 11.9. The van der Waals surface area contributed by atoms with Crippen molar-refractivity contribution in [1.29, 1.82) is 0 Å². The van der Waals surface area contributed by atoms with E-state index in [0.717, 1.165) is 23.7 Å². The second-order valence-electron chi connectivity index (χ2n) is 6.73. The number of allylic oxidation sites excluding steroid dienone is 2. The molecule has 0 heterocycles. The van der Waals surface area contributed by atoms with Crippen LogP contribution in [0.4, 0.5) is 0 Å². The summed E-state index contributed by atoms with van der Waals surface area (Å²) in [6.07, 6.45) is 16.5. The van der Waals surface area contributed by atoms with Gasteiger partial charge in [-0.25, -0.2) is 0 Å². The van der Waals surface area contributed by atoms with Gasteiger partial charge in [-0.15, -0.1) is 0 Å². The number of hydrogen-bond donors (Lipinski definition) is 1. The summed E-state index contributed by atoms with van der Waals surface area (Å²) in [5.74, 6) is -0.799. The van der Waals surface area contributed by atoms with Gasteiger partial charge in [0.05, 0.1) is 0 Å². The molecule has 2 unspecified atom stereocenters. The molecule has 4 heteroatoms. The van der Waals surface area contributed by atoms with Crippen molar-refractivity contribution in [3.63, 3.8) is 0 Å². The van der Waals surface area contributed by atoms with Crippen molar-refractivity contribution in [2.24, 2.45) is 5.41 Å². The van der Waals surface area contributed by atoms with Crippen LogP contribution in [0.15, 0.2) is 22.7 Å². The lowest BCUT2D eigenvalue weighted by atomic mass is 9.75. The molecule has 0 saturated carbocycles. The smallest absolute Gasteiger partial charge is 0.316 e. The van der Waals surface area contributed by atoms with Crippen LogP contribution in [-0.4, -0.2) is 23.8 Å². The molecule has 1 rings (SSSR count). The topological polar surface area (TPSA) is 46.5 Å². The van der Waals surface area contributed by atoms with Crippen molar-refractivity contribution >= 4 is 21.9 Å². The van der Waals surface area contributed by atoms with E-state index in [4.69, 9.17) is 4.74 Å². The molecule has 0 fully saturated rings. The molecule has 0 aromatic carbocycles. The normalized spacial score (nSPS) is 23.3. The lowest BCUT2D eigenvalue weighted by Crippen LogP contribution is -2.44. The Morgan fingerprint density at radius 3 is 2.33 bits per heavy atom. The van der Waals surface area contributed by atoms with Crippen LogP contribution in [0, 0.1) is 5.41 Å². The summed E-state index contributed by atoms with van der Waals surface area (Å²) < 4.78 is 6.86. The van der Waals surface area contributed by atoms with Gasteiger partial charge in [-0.3, -0.25) is 4.79 Å². The van der Waals surface area contributed by atoms with Crippen LogP contribution in [0.2, 0.25) is 0 Å². The number of ether oxygens (including phenoxy) is 1. The molecule has 0 aliphatic heterocycles. The fraction of sp³-hybridized carbons (Fsp3) is 0.750. The first-order valence-corrected chi connectivity index (χ1v) is 10.3. The number of carboxylic acids is 1. The average molecular weight is 401 g/mol. The first-order chi connectivity index (χ1) is 11.6. The summed E-state index contributed by atoms with van der Waals surface area (Å²) in [5, 5.41) is 9.77. The van der Waals surface area contributed by atoms with Gasteiger partial charge >= 0.3 is 5.97 Å². The predicted octanol–water partition coefficient (Wildman–Crippen LogP) is 6.23. The van der Waals surface area contributed by atoms with Gasteiger partial charge in [-0.05, 0) is 18.9 Å². The molecule has 0 bridgehead atoms. The third-order valence-corrected chi connectivity index (χ3v) is 5.39. The van der Waals surface area contributed by atoms with Gasteiger partial charge in [0, 0.05) is 11.1 Å². The Hall–Kier alpha value is -0.610. The van der Waals surface area contributed by atoms with Gasteiger partial charge in [0.15, 0.2) is 0 Å². The number of carbonyl (C=O) groups is 1. The summed E-state index contributed by atoms with van der Waals surface area (Å²) in [6.45, 7) is 4.87. The highest BCUT2D eigenvalue weighted by Crippen LogP contribution is 2.41. The van der Waals surface area contributed by atoms with E-state index in [1.807, 2.05) is 19.1 Å². The molecule has 138 valence electrons. The van der Waals surface area contributed by atoms with Gasteiger partial charge in [-0.2, -0.15) is 0 Å². The molecule has 0 radical (unpaired) electrons. The Balaban J connectivity index is 2.39. The first kappa shape index (κ1) is 21.4. The van der Waals surface area contributed by atoms with Gasteiger partial charge in [0.1, 0.15) is 11.5 Å². The third-order valence-electron chi connectivity index (χ3n) is 4.71. The predicted molar refractivity (Wildman–Crippen MR) is 103 cm³/mol. The Morgan fingerprint density at radius 2 is 1.75 bits per heavy atom. The van der Waals surface area contributed by atoms with Crippen LogP contribution in [0.3, 0.4) is 0 Å². The van der Waals surface area contributed by atoms with Crippen molar-refractivity contribution in [2.45, 2.75) is 84.2 Å². The number of hydrogen-bond acceptors (Lipinski definition) is 2. The monoisotopic (exact) mass is 400 g/mol. The van der Waals surface area contributed by atoms with Gasteiger partial charge in [-0.1, -0.05) is 93.3 Å². The minimum Gasteiger partial charge on any atom is -0.481 e. The number of halogens is 1. The van der Waals surface area contributed by atoms with Crippen LogP contribution in [0.25, 0.3) is 0 Å². The van der Waals surface area contributed by atoms with Crippen molar-refractivity contribution in [3.05, 3.63) is 22.7 Å². The molecule has 24 heavy (non-hydrogen) atoms. The molecule has 1 N–H and O–H groups in total. The van der Waals surface area contributed by atoms with E-state index in [0.29, 0.717) is 13.0 Å². The first-order valence-electron chi connectivity index (χ1n) is 9.48. The molecule has 1 aliphatic carbocycles. The molecule has 3 nitrogen and oxygen atoms in total. The summed E-state index contributed by atoms with van der Waals surface area (Å²) in [5.41, 5.74) is -0.942. The van der Waals surface area contributed by atoms with Gasteiger partial charge in [0.2, 0.25) is 0 Å². The molecule has 0 aromatic heterocycles. The summed E-state index contributed by atoms with van der Waals surface area (Å²) in [6, 6.07) is 0. The fourth-order valence-corrected chi connectivity index (χ4v) is 4.01. The highest BCUT2D eigenvalue weighted by molar-refractivity contribution is 9.11. The van der Waals surface area contributed by atoms with Crippen molar-refractivity contribution in [3.8, 4) is 0 Å². The van der Waals surface area contributed by atoms with Gasteiger partial charge < -0.3 is 9.84 Å². The third kappa shape index (κ3) is 6.36. The molecule has 2 atom stereocenters. The number of carboxylic acid groups (broad SMARTS) is 1. The van der Waals surface area contributed by atoms with Crippen LogP contribution in [-0.2, 0) is 9.53 Å². The quantitative estimate of drug-likeness (QED) is 0.372. The zero-order valence-electron chi connectivity index (χ0n) is 15.2. The fourth-order valence-electron chi connectivity index (χ4n) is 3.32. The lowest BCUT2D eigenvalue weighted by molar-refractivity contribution is -0.153. The largest absolute Gasteiger partial charge is 0.481 e. The molecule has 0 amide bonds. The highest BCUT2D eigenvalue weighted by atomic mass is 79.9. The molecule has 0 saturated heterocycles. The Morgan fingerprint density at radius 1 is 1.12 bits per heavy atom. The van der Waals surface area contributed by atoms with E-state index in [9.17, 15) is 9.90 Å². The lowest BCUT2D eigenvalue weighted by Gasteiger charge is -2.36. The van der Waals surface area contributed by atoms with Crippen LogP contribution in [0.1, 0.15) is 78.1 Å². The number of unbranched alkanes of at least 4 members (excludes halogenated alkanes) is 7. The maximum atomic E-state index is 11.9. The number of rotatable bonds is 13. The summed E-state index contributed by atoms with van der Waals surface area (Å²) in [7, 11) is 0. The standard InChI is InChI=1S/C20H33BrO3/c1-3-5-6-7-8-9-10-11-16-24-18-17(21)13-12-15-20(18,14-4-2)19(22)23/h12-13,15,18H,3-11,14,16H2,1-2H3,(H,22,23). The van der Waals surface area contributed by atoms with E-state index < -0.39 is 17.5 Å². The van der Waals surface area contributed by atoms with Crippen LogP contribution in [0.5, 0.6) is 0 Å².